The Bertz CT molecular complexity index is 830. The highest BCUT2D eigenvalue weighted by Gasteiger charge is 2.13. The molecule has 1 aromatic carbocycles. The molecule has 2 aromatic heterocycles. The minimum absolute atomic E-state index is 0.531. The zero-order valence-electron chi connectivity index (χ0n) is 11.9. The molecule has 1 amide bonds. The molecular formula is C15H14IN5O. The van der Waals surface area contributed by atoms with Crippen molar-refractivity contribution >= 4 is 45.7 Å². The van der Waals surface area contributed by atoms with Crippen molar-refractivity contribution in [2.75, 3.05) is 12.4 Å². The molecule has 3 aromatic rings. The van der Waals surface area contributed by atoms with E-state index in [-0.39, 0.29) is 0 Å². The maximum atomic E-state index is 10.8. The summed E-state index contributed by atoms with van der Waals surface area (Å²) in [5, 5.41) is 11.1. The van der Waals surface area contributed by atoms with E-state index in [1.54, 1.807) is 10.9 Å². The zero-order valence-corrected chi connectivity index (χ0v) is 14.0. The highest BCUT2D eigenvalue weighted by Crippen LogP contribution is 2.26. The van der Waals surface area contributed by atoms with Crippen molar-refractivity contribution in [1.82, 2.24) is 20.1 Å². The number of fused-ring (bicyclic) bond motifs is 1. The Labute approximate surface area is 141 Å². The van der Waals surface area contributed by atoms with Crippen LogP contribution >= 0.6 is 22.6 Å². The minimum Gasteiger partial charge on any atom is -0.316 e. The lowest BCUT2D eigenvalue weighted by Gasteiger charge is -2.04. The van der Waals surface area contributed by atoms with Crippen LogP contribution in [0, 0.1) is 3.57 Å². The van der Waals surface area contributed by atoms with Crippen LogP contribution in [-0.2, 0) is 11.3 Å². The molecule has 6 nitrogen and oxygen atoms in total. The zero-order chi connectivity index (χ0) is 15.5. The van der Waals surface area contributed by atoms with Gasteiger partial charge in [-0.1, -0.05) is 6.07 Å². The Morgan fingerprint density at radius 2 is 2.18 bits per heavy atom. The number of carbonyl (C=O) groups excluding carboxylic acids is 1. The quantitative estimate of drug-likeness (QED) is 0.503. The van der Waals surface area contributed by atoms with E-state index < -0.39 is 0 Å². The van der Waals surface area contributed by atoms with E-state index >= 15 is 0 Å². The van der Waals surface area contributed by atoms with Gasteiger partial charge in [-0.15, -0.1) is 5.10 Å². The lowest BCUT2D eigenvalue weighted by atomic mass is 10.1. The topological polar surface area (TPSA) is 71.8 Å². The van der Waals surface area contributed by atoms with Gasteiger partial charge in [-0.3, -0.25) is 4.79 Å². The summed E-state index contributed by atoms with van der Waals surface area (Å²) < 4.78 is 2.81. The molecular weight excluding hydrogens is 393 g/mol. The van der Waals surface area contributed by atoms with Crippen LogP contribution in [0.25, 0.3) is 16.7 Å². The standard InChI is InChI=1S/C15H14IN5O/c1-17-8-10-2-3-13-12(6-10)15(19-9-22)20-21(13)14-7-11(16)4-5-18-14/h2-7,9,17H,8H2,1H3,(H,19,20,22). The molecule has 3 rings (SSSR count). The van der Waals surface area contributed by atoms with Gasteiger partial charge in [0.2, 0.25) is 6.41 Å². The molecule has 2 heterocycles. The van der Waals surface area contributed by atoms with Gasteiger partial charge in [0, 0.05) is 21.7 Å². The van der Waals surface area contributed by atoms with E-state index in [0.29, 0.717) is 12.2 Å². The summed E-state index contributed by atoms with van der Waals surface area (Å²) in [5.41, 5.74) is 2.03. The third-order valence-electron chi connectivity index (χ3n) is 3.25. The second-order valence-electron chi connectivity index (χ2n) is 4.74. The first-order valence-electron chi connectivity index (χ1n) is 6.71. The molecule has 0 bridgehead atoms. The first-order valence-corrected chi connectivity index (χ1v) is 7.79. The van der Waals surface area contributed by atoms with Crippen LogP contribution in [0.4, 0.5) is 5.82 Å². The summed E-state index contributed by atoms with van der Waals surface area (Å²) in [7, 11) is 1.90. The number of pyridine rings is 1. The number of aromatic nitrogens is 3. The Hall–Kier alpha value is -2.00. The van der Waals surface area contributed by atoms with Crippen molar-refractivity contribution in [3.8, 4) is 5.82 Å². The molecule has 0 spiro atoms. The Kier molecular flexibility index (Phi) is 4.34. The van der Waals surface area contributed by atoms with Gasteiger partial charge < -0.3 is 10.6 Å². The fourth-order valence-electron chi connectivity index (χ4n) is 2.33. The first kappa shape index (κ1) is 14.9. The number of anilines is 1. The van der Waals surface area contributed by atoms with Gasteiger partial charge >= 0.3 is 0 Å². The third kappa shape index (κ3) is 2.81. The second-order valence-corrected chi connectivity index (χ2v) is 5.98. The number of carbonyl (C=O) groups is 1. The Balaban J connectivity index is 2.20. The number of nitrogens with zero attached hydrogens (tertiary/aromatic N) is 3. The maximum Gasteiger partial charge on any atom is 0.212 e. The number of amides is 1. The van der Waals surface area contributed by atoms with Gasteiger partial charge in [-0.05, 0) is 59.5 Å². The number of hydrogen-bond donors (Lipinski definition) is 2. The van der Waals surface area contributed by atoms with Crippen molar-refractivity contribution in [3.63, 3.8) is 0 Å². The van der Waals surface area contributed by atoms with Crippen LogP contribution in [0.1, 0.15) is 5.56 Å². The van der Waals surface area contributed by atoms with Crippen LogP contribution in [0.3, 0.4) is 0 Å². The highest BCUT2D eigenvalue weighted by atomic mass is 127. The Morgan fingerprint density at radius 3 is 2.91 bits per heavy atom. The normalized spacial score (nSPS) is 10.8. The summed E-state index contributed by atoms with van der Waals surface area (Å²) in [6.45, 7) is 0.753. The van der Waals surface area contributed by atoms with E-state index in [9.17, 15) is 4.79 Å². The smallest absolute Gasteiger partial charge is 0.212 e. The van der Waals surface area contributed by atoms with Crippen LogP contribution in [0.5, 0.6) is 0 Å². The average molecular weight is 407 g/mol. The number of nitrogens with one attached hydrogen (secondary N) is 2. The van der Waals surface area contributed by atoms with Gasteiger partial charge in [-0.25, -0.2) is 9.67 Å². The van der Waals surface area contributed by atoms with Crippen LogP contribution < -0.4 is 10.6 Å². The van der Waals surface area contributed by atoms with Crippen molar-refractivity contribution in [2.24, 2.45) is 0 Å². The SMILES string of the molecule is CNCc1ccc2c(c1)c(NC=O)nn2-c1cc(I)ccn1. The van der Waals surface area contributed by atoms with E-state index in [1.165, 1.54) is 0 Å². The predicted octanol–water partition coefficient (Wildman–Crippen LogP) is 2.31. The van der Waals surface area contributed by atoms with Crippen molar-refractivity contribution in [2.45, 2.75) is 6.54 Å². The molecule has 0 aliphatic carbocycles. The average Bonchev–Trinajstić information content (AvgIpc) is 2.86. The summed E-state index contributed by atoms with van der Waals surface area (Å²) in [6.07, 6.45) is 2.38. The van der Waals surface area contributed by atoms with E-state index in [0.717, 1.165) is 32.4 Å². The van der Waals surface area contributed by atoms with Crippen LogP contribution in [0.2, 0.25) is 0 Å². The summed E-state index contributed by atoms with van der Waals surface area (Å²) in [6, 6.07) is 9.92. The molecule has 0 radical (unpaired) electrons. The molecule has 0 aliphatic heterocycles. The predicted molar refractivity (Wildman–Crippen MR) is 94.0 cm³/mol. The molecule has 0 saturated carbocycles. The lowest BCUT2D eigenvalue weighted by molar-refractivity contribution is -0.105. The molecule has 0 saturated heterocycles. The van der Waals surface area contributed by atoms with Crippen molar-refractivity contribution in [1.29, 1.82) is 0 Å². The molecule has 7 heteroatoms. The molecule has 0 aliphatic rings. The molecule has 0 fully saturated rings. The van der Waals surface area contributed by atoms with E-state index in [2.05, 4.69) is 43.3 Å². The lowest BCUT2D eigenvalue weighted by Crippen LogP contribution is -2.04. The van der Waals surface area contributed by atoms with Gasteiger partial charge in [0.15, 0.2) is 11.6 Å². The molecule has 0 atom stereocenters. The minimum atomic E-state index is 0.531. The van der Waals surface area contributed by atoms with Crippen molar-refractivity contribution < 1.29 is 4.79 Å². The summed E-state index contributed by atoms with van der Waals surface area (Å²) in [4.78, 5) is 15.2. The highest BCUT2D eigenvalue weighted by molar-refractivity contribution is 14.1. The molecule has 112 valence electrons. The van der Waals surface area contributed by atoms with Gasteiger partial charge in [0.1, 0.15) is 0 Å². The third-order valence-corrected chi connectivity index (χ3v) is 3.92. The number of rotatable bonds is 5. The fourth-order valence-corrected chi connectivity index (χ4v) is 2.77. The number of hydrogen-bond acceptors (Lipinski definition) is 4. The van der Waals surface area contributed by atoms with Crippen LogP contribution in [0.15, 0.2) is 36.5 Å². The fraction of sp³-hybridized carbons (Fsp3) is 0.133. The Morgan fingerprint density at radius 1 is 1.32 bits per heavy atom. The van der Waals surface area contributed by atoms with Gasteiger partial charge in [-0.2, -0.15) is 0 Å². The second kappa shape index (κ2) is 6.41. The van der Waals surface area contributed by atoms with E-state index in [1.807, 2.05) is 37.4 Å². The maximum absolute atomic E-state index is 10.8. The van der Waals surface area contributed by atoms with Crippen LogP contribution in [-0.4, -0.2) is 28.2 Å². The molecule has 0 unspecified atom stereocenters. The molecule has 22 heavy (non-hydrogen) atoms. The van der Waals surface area contributed by atoms with Gasteiger partial charge in [0.05, 0.1) is 5.52 Å². The number of benzene rings is 1. The van der Waals surface area contributed by atoms with Crippen molar-refractivity contribution in [3.05, 3.63) is 45.7 Å². The largest absolute Gasteiger partial charge is 0.316 e. The van der Waals surface area contributed by atoms with Gasteiger partial charge in [0.25, 0.3) is 0 Å². The number of halogens is 1. The first-order chi connectivity index (χ1) is 10.7. The summed E-state index contributed by atoms with van der Waals surface area (Å²) in [5.74, 6) is 1.25. The molecule has 2 N–H and O–H groups in total. The summed E-state index contributed by atoms with van der Waals surface area (Å²) >= 11 is 2.23. The monoisotopic (exact) mass is 407 g/mol. The van der Waals surface area contributed by atoms with E-state index in [4.69, 9.17) is 0 Å².